The Labute approximate surface area is 131 Å². The molecule has 0 aliphatic heterocycles. The lowest BCUT2D eigenvalue weighted by Gasteiger charge is -2.17. The van der Waals surface area contributed by atoms with Crippen molar-refractivity contribution in [2.24, 2.45) is 17.8 Å². The summed E-state index contributed by atoms with van der Waals surface area (Å²) >= 11 is 1.88. The summed E-state index contributed by atoms with van der Waals surface area (Å²) in [6, 6.07) is 9.16. The van der Waals surface area contributed by atoms with Gasteiger partial charge in [-0.3, -0.25) is 0 Å². The zero-order valence-electron chi connectivity index (χ0n) is 12.7. The second-order valence-electron chi connectivity index (χ2n) is 6.63. The topological polar surface area (TPSA) is 24.9 Å². The van der Waals surface area contributed by atoms with E-state index in [0.29, 0.717) is 6.04 Å². The third-order valence-electron chi connectivity index (χ3n) is 5.39. The van der Waals surface area contributed by atoms with Crippen LogP contribution < -0.4 is 5.32 Å². The van der Waals surface area contributed by atoms with E-state index in [4.69, 9.17) is 4.98 Å². The van der Waals surface area contributed by atoms with E-state index in [9.17, 15) is 0 Å². The van der Waals surface area contributed by atoms with Crippen LogP contribution in [0.2, 0.25) is 0 Å². The van der Waals surface area contributed by atoms with Gasteiger partial charge in [-0.25, -0.2) is 4.98 Å². The fourth-order valence-corrected chi connectivity index (χ4v) is 5.47. The summed E-state index contributed by atoms with van der Waals surface area (Å²) in [4.78, 5) is 4.84. The molecule has 0 amide bonds. The average Bonchev–Trinajstić information content (AvgIpc) is 3.09. The highest BCUT2D eigenvalue weighted by Gasteiger charge is 2.53. The van der Waals surface area contributed by atoms with E-state index in [1.54, 1.807) is 0 Å². The first kappa shape index (κ1) is 13.7. The molecule has 1 N–H and O–H groups in total. The molecule has 2 saturated carbocycles. The van der Waals surface area contributed by atoms with Gasteiger partial charge in [0.05, 0.1) is 15.2 Å². The van der Waals surface area contributed by atoms with Gasteiger partial charge in [-0.1, -0.05) is 31.9 Å². The highest BCUT2D eigenvalue weighted by atomic mass is 32.1. The first-order valence-electron chi connectivity index (χ1n) is 8.44. The van der Waals surface area contributed by atoms with Gasteiger partial charge in [0, 0.05) is 12.5 Å². The SMILES string of the molecule is CCNC(Cc1nc2ccccc2s1)C1C2CCCCC21. The summed E-state index contributed by atoms with van der Waals surface area (Å²) in [6.07, 6.45) is 6.97. The quantitative estimate of drug-likeness (QED) is 0.892. The Morgan fingerprint density at radius 1 is 1.24 bits per heavy atom. The average molecular weight is 300 g/mol. The fourth-order valence-electron chi connectivity index (χ4n) is 4.45. The van der Waals surface area contributed by atoms with E-state index in [1.807, 2.05) is 11.3 Å². The van der Waals surface area contributed by atoms with Crippen molar-refractivity contribution >= 4 is 21.6 Å². The smallest absolute Gasteiger partial charge is 0.0954 e. The molecule has 2 aromatic rings. The molecule has 2 nitrogen and oxygen atoms in total. The lowest BCUT2D eigenvalue weighted by molar-refractivity contribution is 0.437. The van der Waals surface area contributed by atoms with Gasteiger partial charge >= 0.3 is 0 Å². The molecular weight excluding hydrogens is 276 g/mol. The van der Waals surface area contributed by atoms with Crippen LogP contribution in [0.3, 0.4) is 0 Å². The van der Waals surface area contributed by atoms with E-state index in [1.165, 1.54) is 40.9 Å². The maximum atomic E-state index is 4.84. The highest BCUT2D eigenvalue weighted by Crippen LogP contribution is 2.57. The Balaban J connectivity index is 1.52. The molecule has 1 aromatic carbocycles. The minimum atomic E-state index is 0.642. The molecule has 0 bridgehead atoms. The summed E-state index contributed by atoms with van der Waals surface area (Å²) < 4.78 is 1.33. The van der Waals surface area contributed by atoms with E-state index in [0.717, 1.165) is 30.7 Å². The first-order valence-corrected chi connectivity index (χ1v) is 9.26. The molecule has 2 fully saturated rings. The van der Waals surface area contributed by atoms with Crippen LogP contribution in [0, 0.1) is 17.8 Å². The minimum absolute atomic E-state index is 0.642. The normalized spacial score (nSPS) is 29.3. The second kappa shape index (κ2) is 5.69. The zero-order chi connectivity index (χ0) is 14.2. The number of hydrogen-bond donors (Lipinski definition) is 1. The number of thiazole rings is 1. The van der Waals surface area contributed by atoms with Gasteiger partial charge in [0.25, 0.3) is 0 Å². The molecular formula is C18H24N2S. The second-order valence-corrected chi connectivity index (χ2v) is 7.75. The Hall–Kier alpha value is -0.930. The molecule has 4 rings (SSSR count). The number of aromatic nitrogens is 1. The number of nitrogens with one attached hydrogen (secondary N) is 1. The van der Waals surface area contributed by atoms with Crippen molar-refractivity contribution in [3.8, 4) is 0 Å². The van der Waals surface area contributed by atoms with Gasteiger partial charge < -0.3 is 5.32 Å². The third kappa shape index (κ3) is 2.62. The van der Waals surface area contributed by atoms with Gasteiger partial charge in [-0.15, -0.1) is 11.3 Å². The third-order valence-corrected chi connectivity index (χ3v) is 6.45. The zero-order valence-corrected chi connectivity index (χ0v) is 13.5. The lowest BCUT2D eigenvalue weighted by Crippen LogP contribution is -2.34. The standard InChI is InChI=1S/C18H24N2S/c1-2-19-15(18-12-7-3-4-8-13(12)18)11-17-20-14-9-5-6-10-16(14)21-17/h5-6,9-10,12-13,15,18-19H,2-4,7-8,11H2,1H3. The van der Waals surface area contributed by atoms with Crippen LogP contribution in [0.5, 0.6) is 0 Å². The van der Waals surface area contributed by atoms with E-state index in [2.05, 4.69) is 36.5 Å². The monoisotopic (exact) mass is 300 g/mol. The molecule has 0 spiro atoms. The molecule has 2 aliphatic rings. The lowest BCUT2D eigenvalue weighted by atomic mass is 10.0. The molecule has 0 saturated heterocycles. The summed E-state index contributed by atoms with van der Waals surface area (Å²) in [7, 11) is 0. The van der Waals surface area contributed by atoms with E-state index >= 15 is 0 Å². The number of likely N-dealkylation sites (N-methyl/N-ethyl adjacent to an activating group) is 1. The fraction of sp³-hybridized carbons (Fsp3) is 0.611. The molecule has 1 heterocycles. The summed E-state index contributed by atoms with van der Waals surface area (Å²) in [5.74, 6) is 2.94. The van der Waals surface area contributed by atoms with Crippen molar-refractivity contribution in [1.29, 1.82) is 0 Å². The van der Waals surface area contributed by atoms with Gasteiger partial charge in [0.2, 0.25) is 0 Å². The Morgan fingerprint density at radius 3 is 2.71 bits per heavy atom. The van der Waals surface area contributed by atoms with Crippen LogP contribution in [0.1, 0.15) is 37.6 Å². The Bertz CT molecular complexity index is 575. The van der Waals surface area contributed by atoms with Crippen LogP contribution in [0.4, 0.5) is 0 Å². The van der Waals surface area contributed by atoms with Gasteiger partial charge in [-0.05, 0) is 49.3 Å². The molecule has 21 heavy (non-hydrogen) atoms. The Morgan fingerprint density at radius 2 is 2.00 bits per heavy atom. The van der Waals surface area contributed by atoms with Crippen molar-refractivity contribution in [3.63, 3.8) is 0 Å². The number of para-hydroxylation sites is 1. The minimum Gasteiger partial charge on any atom is -0.314 e. The van der Waals surface area contributed by atoms with Crippen molar-refractivity contribution in [1.82, 2.24) is 10.3 Å². The van der Waals surface area contributed by atoms with Crippen molar-refractivity contribution in [2.75, 3.05) is 6.54 Å². The van der Waals surface area contributed by atoms with Crippen molar-refractivity contribution in [2.45, 2.75) is 45.1 Å². The van der Waals surface area contributed by atoms with Gasteiger partial charge in [0.1, 0.15) is 0 Å². The van der Waals surface area contributed by atoms with Crippen LogP contribution in [0.25, 0.3) is 10.2 Å². The van der Waals surface area contributed by atoms with E-state index < -0.39 is 0 Å². The maximum Gasteiger partial charge on any atom is 0.0954 e. The highest BCUT2D eigenvalue weighted by molar-refractivity contribution is 7.18. The Kier molecular flexibility index (Phi) is 3.72. The predicted molar refractivity (Wildman–Crippen MR) is 89.7 cm³/mol. The molecule has 3 atom stereocenters. The number of rotatable bonds is 5. The van der Waals surface area contributed by atoms with Crippen LogP contribution in [-0.4, -0.2) is 17.6 Å². The molecule has 112 valence electrons. The maximum absolute atomic E-state index is 4.84. The summed E-state index contributed by atoms with van der Waals surface area (Å²) in [6.45, 7) is 3.31. The predicted octanol–water partition coefficient (Wildman–Crippen LogP) is 4.25. The van der Waals surface area contributed by atoms with E-state index in [-0.39, 0.29) is 0 Å². The van der Waals surface area contributed by atoms with Crippen LogP contribution >= 0.6 is 11.3 Å². The number of hydrogen-bond acceptors (Lipinski definition) is 3. The van der Waals surface area contributed by atoms with Crippen LogP contribution in [0.15, 0.2) is 24.3 Å². The molecule has 3 heteroatoms. The molecule has 3 unspecified atom stereocenters. The summed E-state index contributed by atoms with van der Waals surface area (Å²) in [5, 5.41) is 5.07. The number of nitrogens with zero attached hydrogens (tertiary/aromatic N) is 1. The number of fused-ring (bicyclic) bond motifs is 2. The molecule has 1 aromatic heterocycles. The first-order chi connectivity index (χ1) is 10.4. The van der Waals surface area contributed by atoms with Crippen molar-refractivity contribution < 1.29 is 0 Å². The number of benzene rings is 1. The van der Waals surface area contributed by atoms with Crippen molar-refractivity contribution in [3.05, 3.63) is 29.3 Å². The molecule has 2 aliphatic carbocycles. The summed E-state index contributed by atoms with van der Waals surface area (Å²) in [5.41, 5.74) is 1.17. The van der Waals surface area contributed by atoms with Crippen LogP contribution in [-0.2, 0) is 6.42 Å². The largest absolute Gasteiger partial charge is 0.314 e. The molecule has 0 radical (unpaired) electrons. The van der Waals surface area contributed by atoms with Gasteiger partial charge in [0.15, 0.2) is 0 Å². The van der Waals surface area contributed by atoms with Gasteiger partial charge in [-0.2, -0.15) is 0 Å².